The van der Waals surface area contributed by atoms with Crippen LogP contribution < -0.4 is 9.47 Å². The summed E-state index contributed by atoms with van der Waals surface area (Å²) in [6.45, 7) is 2.17. The fraction of sp³-hybridized carbons (Fsp3) is 0.333. The fourth-order valence-corrected chi connectivity index (χ4v) is 3.18. The number of amides is 1. The number of aromatic nitrogens is 1. The maximum atomic E-state index is 12.7. The van der Waals surface area contributed by atoms with Gasteiger partial charge in [-0.3, -0.25) is 9.78 Å². The molecule has 4 rings (SSSR count). The number of morpholine rings is 1. The summed E-state index contributed by atoms with van der Waals surface area (Å²) >= 11 is 0. The van der Waals surface area contributed by atoms with Crippen molar-refractivity contribution in [1.29, 1.82) is 0 Å². The van der Waals surface area contributed by atoms with Crippen LogP contribution in [0.25, 0.3) is 21.9 Å². The van der Waals surface area contributed by atoms with Crippen LogP contribution >= 0.6 is 0 Å². The lowest BCUT2D eigenvalue weighted by molar-refractivity contribution is 0.0284. The molecule has 0 aliphatic carbocycles. The lowest BCUT2D eigenvalue weighted by Gasteiger charge is -2.25. The van der Waals surface area contributed by atoms with Crippen molar-refractivity contribution in [3.63, 3.8) is 0 Å². The maximum Gasteiger partial charge on any atom is 0.289 e. The van der Waals surface area contributed by atoms with Crippen LogP contribution in [-0.2, 0) is 4.74 Å². The lowest BCUT2D eigenvalue weighted by Crippen LogP contribution is -2.40. The molecule has 7 heteroatoms. The van der Waals surface area contributed by atoms with Crippen molar-refractivity contribution in [1.82, 2.24) is 9.88 Å². The number of nitrogens with zero attached hydrogens (tertiary/aromatic N) is 2. The second kappa shape index (κ2) is 6.25. The zero-order valence-corrected chi connectivity index (χ0v) is 14.1. The van der Waals surface area contributed by atoms with E-state index in [-0.39, 0.29) is 11.7 Å². The quantitative estimate of drug-likeness (QED) is 0.728. The number of rotatable bonds is 3. The predicted octanol–water partition coefficient (Wildman–Crippen LogP) is 2.47. The number of carbonyl (C=O) groups excluding carboxylic acids is 1. The van der Waals surface area contributed by atoms with E-state index in [2.05, 4.69) is 4.98 Å². The van der Waals surface area contributed by atoms with Gasteiger partial charge in [0.2, 0.25) is 0 Å². The Labute approximate surface area is 144 Å². The van der Waals surface area contributed by atoms with Crippen LogP contribution in [0.15, 0.2) is 28.8 Å². The number of pyridine rings is 1. The number of fused-ring (bicyclic) bond motifs is 2. The van der Waals surface area contributed by atoms with Crippen molar-refractivity contribution in [3.8, 4) is 11.5 Å². The molecule has 7 nitrogen and oxygen atoms in total. The van der Waals surface area contributed by atoms with E-state index in [1.165, 1.54) is 0 Å². The molecule has 1 aliphatic heterocycles. The highest BCUT2D eigenvalue weighted by Crippen LogP contribution is 2.43. The third kappa shape index (κ3) is 2.47. The van der Waals surface area contributed by atoms with Crippen molar-refractivity contribution < 1.29 is 23.4 Å². The van der Waals surface area contributed by atoms with Gasteiger partial charge in [0.15, 0.2) is 22.8 Å². The molecule has 3 aromatic rings. The van der Waals surface area contributed by atoms with Crippen LogP contribution in [0.5, 0.6) is 11.5 Å². The minimum absolute atomic E-state index is 0.166. The van der Waals surface area contributed by atoms with E-state index < -0.39 is 0 Å². The largest absolute Gasteiger partial charge is 0.494 e. The lowest BCUT2D eigenvalue weighted by atomic mass is 10.1. The number of carbonyl (C=O) groups is 1. The van der Waals surface area contributed by atoms with Crippen molar-refractivity contribution >= 4 is 27.8 Å². The van der Waals surface area contributed by atoms with Gasteiger partial charge in [0.25, 0.3) is 5.91 Å². The van der Waals surface area contributed by atoms with Gasteiger partial charge in [0.05, 0.1) is 38.2 Å². The summed E-state index contributed by atoms with van der Waals surface area (Å²) in [5.41, 5.74) is 1.15. The Bertz CT molecular complexity index is 883. The third-order valence-corrected chi connectivity index (χ3v) is 4.37. The van der Waals surface area contributed by atoms with Crippen molar-refractivity contribution in [2.45, 2.75) is 0 Å². The molecule has 0 unspecified atom stereocenters. The van der Waals surface area contributed by atoms with Crippen LogP contribution in [0.4, 0.5) is 0 Å². The first-order valence-electron chi connectivity index (χ1n) is 8.04. The molecule has 3 heterocycles. The van der Waals surface area contributed by atoms with Gasteiger partial charge in [-0.2, -0.15) is 0 Å². The Morgan fingerprint density at radius 1 is 1.16 bits per heavy atom. The molecule has 1 fully saturated rings. The van der Waals surface area contributed by atoms with Gasteiger partial charge in [-0.15, -0.1) is 0 Å². The number of furan rings is 1. The number of methoxy groups -OCH3 is 2. The van der Waals surface area contributed by atoms with E-state index in [1.54, 1.807) is 31.4 Å². The van der Waals surface area contributed by atoms with Gasteiger partial charge in [0, 0.05) is 25.4 Å². The molecule has 1 aromatic carbocycles. The molecular formula is C18H18N2O5. The first kappa shape index (κ1) is 15.7. The summed E-state index contributed by atoms with van der Waals surface area (Å²) in [5.74, 6) is 1.19. The molecule has 1 aliphatic rings. The Morgan fingerprint density at radius 3 is 2.64 bits per heavy atom. The summed E-state index contributed by atoms with van der Waals surface area (Å²) in [7, 11) is 3.14. The minimum atomic E-state index is -0.166. The molecule has 0 spiro atoms. The molecule has 0 saturated carbocycles. The Morgan fingerprint density at radius 2 is 1.92 bits per heavy atom. The molecule has 0 bridgehead atoms. The van der Waals surface area contributed by atoms with Crippen LogP contribution in [0, 0.1) is 0 Å². The number of ether oxygens (including phenoxy) is 3. The minimum Gasteiger partial charge on any atom is -0.494 e. The summed E-state index contributed by atoms with van der Waals surface area (Å²) in [5, 5.41) is 1.44. The fourth-order valence-electron chi connectivity index (χ4n) is 3.18. The monoisotopic (exact) mass is 342 g/mol. The van der Waals surface area contributed by atoms with Crippen LogP contribution in [0.3, 0.4) is 0 Å². The molecule has 0 N–H and O–H groups in total. The molecule has 1 saturated heterocycles. The number of benzene rings is 1. The molecule has 1 amide bonds. The van der Waals surface area contributed by atoms with Crippen molar-refractivity contribution in [2.24, 2.45) is 0 Å². The Hall–Kier alpha value is -2.80. The molecule has 130 valence electrons. The summed E-state index contributed by atoms with van der Waals surface area (Å²) in [4.78, 5) is 18.9. The average Bonchev–Trinajstić information content (AvgIpc) is 3.10. The zero-order valence-electron chi connectivity index (χ0n) is 14.1. The van der Waals surface area contributed by atoms with Crippen molar-refractivity contribution in [2.75, 3.05) is 40.5 Å². The number of hydrogen-bond acceptors (Lipinski definition) is 6. The highest BCUT2D eigenvalue weighted by atomic mass is 16.5. The molecular weight excluding hydrogens is 324 g/mol. The van der Waals surface area contributed by atoms with E-state index in [1.807, 2.05) is 12.1 Å². The molecule has 25 heavy (non-hydrogen) atoms. The van der Waals surface area contributed by atoms with Crippen LogP contribution in [-0.4, -0.2) is 56.3 Å². The number of hydrogen-bond donors (Lipinski definition) is 0. The second-order valence-corrected chi connectivity index (χ2v) is 5.72. The SMILES string of the molecule is COc1c2cc(C(=O)N3CCOCC3)oc2c(OC)c2cccnc12. The molecule has 0 radical (unpaired) electrons. The van der Waals surface area contributed by atoms with E-state index in [0.717, 1.165) is 5.39 Å². The molecule has 2 aromatic heterocycles. The first-order valence-corrected chi connectivity index (χ1v) is 8.04. The standard InChI is InChI=1S/C18H18N2O5/c1-22-15-12-10-13(18(21)20-6-8-24-9-7-20)25-17(12)16(23-2)11-4-3-5-19-14(11)15/h3-5,10H,6-9H2,1-2H3. The summed E-state index contributed by atoms with van der Waals surface area (Å²) < 4.78 is 22.3. The predicted molar refractivity (Wildman–Crippen MR) is 91.3 cm³/mol. The summed E-state index contributed by atoms with van der Waals surface area (Å²) in [6, 6.07) is 5.40. The van der Waals surface area contributed by atoms with Crippen LogP contribution in [0.2, 0.25) is 0 Å². The highest BCUT2D eigenvalue weighted by Gasteiger charge is 2.26. The summed E-state index contributed by atoms with van der Waals surface area (Å²) in [6.07, 6.45) is 1.69. The normalized spacial score (nSPS) is 14.9. The third-order valence-electron chi connectivity index (χ3n) is 4.37. The Kier molecular flexibility index (Phi) is 3.93. The van der Waals surface area contributed by atoms with E-state index >= 15 is 0 Å². The van der Waals surface area contributed by atoms with Gasteiger partial charge in [-0.05, 0) is 12.1 Å². The average molecular weight is 342 g/mol. The first-order chi connectivity index (χ1) is 12.2. The molecule has 0 atom stereocenters. The van der Waals surface area contributed by atoms with Gasteiger partial charge >= 0.3 is 0 Å². The van der Waals surface area contributed by atoms with E-state index in [4.69, 9.17) is 18.6 Å². The van der Waals surface area contributed by atoms with E-state index in [0.29, 0.717) is 54.3 Å². The van der Waals surface area contributed by atoms with Gasteiger partial charge in [0.1, 0.15) is 5.52 Å². The highest BCUT2D eigenvalue weighted by molar-refractivity contribution is 6.09. The Balaban J connectivity index is 1.92. The topological polar surface area (TPSA) is 74.0 Å². The van der Waals surface area contributed by atoms with Crippen LogP contribution in [0.1, 0.15) is 10.6 Å². The van der Waals surface area contributed by atoms with Gasteiger partial charge in [-0.25, -0.2) is 0 Å². The van der Waals surface area contributed by atoms with E-state index in [9.17, 15) is 4.79 Å². The maximum absolute atomic E-state index is 12.7. The smallest absolute Gasteiger partial charge is 0.289 e. The van der Waals surface area contributed by atoms with Gasteiger partial charge in [-0.1, -0.05) is 0 Å². The van der Waals surface area contributed by atoms with Gasteiger partial charge < -0.3 is 23.5 Å². The zero-order chi connectivity index (χ0) is 17.4. The second-order valence-electron chi connectivity index (χ2n) is 5.72. The van der Waals surface area contributed by atoms with Crippen molar-refractivity contribution in [3.05, 3.63) is 30.2 Å².